The van der Waals surface area contributed by atoms with Crippen LogP contribution in [-0.2, 0) is 4.74 Å². The average molecular weight is 311 g/mol. The smallest absolute Gasteiger partial charge is 0.409 e. The first-order chi connectivity index (χ1) is 10.2. The number of hydrogen-bond donors (Lipinski definition) is 1. The minimum absolute atomic E-state index is 0.163. The highest BCUT2D eigenvalue weighted by Gasteiger charge is 2.28. The van der Waals surface area contributed by atoms with Crippen LogP contribution >= 0.6 is 11.6 Å². The number of aromatic nitrogens is 2. The van der Waals surface area contributed by atoms with Crippen molar-refractivity contribution >= 4 is 23.5 Å². The van der Waals surface area contributed by atoms with Crippen molar-refractivity contribution < 1.29 is 9.53 Å². The first kappa shape index (κ1) is 14.4. The highest BCUT2D eigenvalue weighted by atomic mass is 35.5. The number of carbonyl (C=O) groups excluding carboxylic acids is 1. The van der Waals surface area contributed by atoms with Gasteiger partial charge in [0.15, 0.2) is 0 Å². The molecule has 1 aromatic rings. The Morgan fingerprint density at radius 1 is 1.43 bits per heavy atom. The van der Waals surface area contributed by atoms with Gasteiger partial charge in [-0.15, -0.1) is 0 Å². The molecule has 1 atom stereocenters. The average Bonchev–Trinajstić information content (AvgIpc) is 3.30. The predicted molar refractivity (Wildman–Crippen MR) is 79.6 cm³/mol. The lowest BCUT2D eigenvalue weighted by molar-refractivity contribution is 0.113. The van der Waals surface area contributed by atoms with Crippen molar-refractivity contribution in [3.63, 3.8) is 0 Å². The Bertz CT molecular complexity index is 536. The Morgan fingerprint density at radius 3 is 2.95 bits per heavy atom. The lowest BCUT2D eigenvalue weighted by Gasteiger charge is -2.32. The molecule has 6 nitrogen and oxygen atoms in total. The van der Waals surface area contributed by atoms with Crippen molar-refractivity contribution in [1.29, 1.82) is 0 Å². The molecule has 0 aromatic carbocycles. The zero-order valence-corrected chi connectivity index (χ0v) is 12.8. The van der Waals surface area contributed by atoms with Crippen LogP contribution in [0.3, 0.4) is 0 Å². The van der Waals surface area contributed by atoms with Crippen molar-refractivity contribution in [3.8, 4) is 0 Å². The molecule has 1 amide bonds. The number of halogens is 1. The molecule has 114 valence electrons. The highest BCUT2D eigenvalue weighted by Crippen LogP contribution is 2.38. The Morgan fingerprint density at radius 2 is 2.24 bits per heavy atom. The van der Waals surface area contributed by atoms with Crippen molar-refractivity contribution in [2.45, 2.75) is 37.6 Å². The number of likely N-dealkylation sites (tertiary alicyclic amines) is 1. The molecule has 1 aliphatic carbocycles. The van der Waals surface area contributed by atoms with Crippen LogP contribution < -0.4 is 5.32 Å². The number of piperidine rings is 1. The molecule has 1 aliphatic heterocycles. The Balaban J connectivity index is 1.66. The fourth-order valence-electron chi connectivity index (χ4n) is 2.63. The number of nitrogens with zero attached hydrogens (tertiary/aromatic N) is 3. The number of ether oxygens (including phenoxy) is 1. The molecule has 2 aliphatic rings. The van der Waals surface area contributed by atoms with Gasteiger partial charge in [-0.3, -0.25) is 0 Å². The van der Waals surface area contributed by atoms with Crippen LogP contribution in [-0.4, -0.2) is 47.2 Å². The van der Waals surface area contributed by atoms with Gasteiger partial charge in [0.05, 0.1) is 7.11 Å². The van der Waals surface area contributed by atoms with E-state index in [0.29, 0.717) is 17.6 Å². The number of rotatable bonds is 3. The summed E-state index contributed by atoms with van der Waals surface area (Å²) in [7, 11) is 1.41. The Hall–Kier alpha value is -1.56. The third kappa shape index (κ3) is 3.56. The molecule has 1 unspecified atom stereocenters. The van der Waals surface area contributed by atoms with Crippen LogP contribution in [0.4, 0.5) is 10.6 Å². The topological polar surface area (TPSA) is 67.3 Å². The lowest BCUT2D eigenvalue weighted by Crippen LogP contribution is -2.45. The van der Waals surface area contributed by atoms with Gasteiger partial charge in [-0.1, -0.05) is 11.6 Å². The largest absolute Gasteiger partial charge is 0.453 e. The van der Waals surface area contributed by atoms with Gasteiger partial charge in [-0.25, -0.2) is 14.8 Å². The van der Waals surface area contributed by atoms with Gasteiger partial charge in [-0.05, 0) is 25.7 Å². The summed E-state index contributed by atoms with van der Waals surface area (Å²) >= 11 is 6.07. The van der Waals surface area contributed by atoms with E-state index in [4.69, 9.17) is 16.3 Å². The third-order valence-electron chi connectivity index (χ3n) is 3.86. The molecule has 7 heteroatoms. The Kier molecular flexibility index (Phi) is 4.14. The maximum absolute atomic E-state index is 11.6. The van der Waals surface area contributed by atoms with Gasteiger partial charge < -0.3 is 15.0 Å². The van der Waals surface area contributed by atoms with E-state index in [-0.39, 0.29) is 12.1 Å². The SMILES string of the molecule is COC(=O)N1CCCC(Nc2cc(Cl)nc(C3CC3)n2)C1. The molecule has 0 bridgehead atoms. The van der Waals surface area contributed by atoms with Crippen molar-refractivity contribution in [1.82, 2.24) is 14.9 Å². The van der Waals surface area contributed by atoms with E-state index in [1.807, 2.05) is 0 Å². The first-order valence-electron chi connectivity index (χ1n) is 7.29. The summed E-state index contributed by atoms with van der Waals surface area (Å²) in [5, 5.41) is 3.84. The van der Waals surface area contributed by atoms with Gasteiger partial charge in [0.25, 0.3) is 0 Å². The summed E-state index contributed by atoms with van der Waals surface area (Å²) in [5.74, 6) is 2.03. The molecule has 1 saturated carbocycles. The fourth-order valence-corrected chi connectivity index (χ4v) is 2.82. The van der Waals surface area contributed by atoms with E-state index >= 15 is 0 Å². The van der Waals surface area contributed by atoms with Crippen LogP contribution in [0, 0.1) is 0 Å². The minimum atomic E-state index is -0.277. The number of nitrogens with one attached hydrogen (secondary N) is 1. The van der Waals surface area contributed by atoms with E-state index in [2.05, 4.69) is 15.3 Å². The van der Waals surface area contributed by atoms with E-state index in [1.54, 1.807) is 11.0 Å². The zero-order chi connectivity index (χ0) is 14.8. The molecule has 0 spiro atoms. The second-order valence-electron chi connectivity index (χ2n) is 5.61. The van der Waals surface area contributed by atoms with Crippen LogP contribution in [0.25, 0.3) is 0 Å². The summed E-state index contributed by atoms with van der Waals surface area (Å²) < 4.78 is 4.78. The van der Waals surface area contributed by atoms with Gasteiger partial charge in [0.2, 0.25) is 0 Å². The molecule has 2 fully saturated rings. The molecule has 21 heavy (non-hydrogen) atoms. The monoisotopic (exact) mass is 310 g/mol. The van der Waals surface area contributed by atoms with Gasteiger partial charge in [-0.2, -0.15) is 0 Å². The molecule has 1 aromatic heterocycles. The van der Waals surface area contributed by atoms with Gasteiger partial charge >= 0.3 is 6.09 Å². The summed E-state index contributed by atoms with van der Waals surface area (Å²) in [5.41, 5.74) is 0. The quantitative estimate of drug-likeness (QED) is 0.869. The van der Waals surface area contributed by atoms with Crippen LogP contribution in [0.15, 0.2) is 6.07 Å². The van der Waals surface area contributed by atoms with Gasteiger partial charge in [0, 0.05) is 31.1 Å². The van der Waals surface area contributed by atoms with Crippen LogP contribution in [0.2, 0.25) is 5.15 Å². The van der Waals surface area contributed by atoms with E-state index in [1.165, 1.54) is 7.11 Å². The maximum Gasteiger partial charge on any atom is 0.409 e. The maximum atomic E-state index is 11.6. The highest BCUT2D eigenvalue weighted by molar-refractivity contribution is 6.29. The van der Waals surface area contributed by atoms with Crippen LogP contribution in [0.1, 0.15) is 37.4 Å². The standard InChI is InChI=1S/C14H19ClN4O2/c1-21-14(20)19-6-2-3-10(8-19)16-12-7-11(15)17-13(18-12)9-4-5-9/h7,9-10H,2-6,8H2,1H3,(H,16,17,18). The zero-order valence-electron chi connectivity index (χ0n) is 12.0. The number of anilines is 1. The predicted octanol–water partition coefficient (Wildman–Crippen LogP) is 2.65. The first-order valence-corrected chi connectivity index (χ1v) is 7.67. The van der Waals surface area contributed by atoms with Gasteiger partial charge in [0.1, 0.15) is 16.8 Å². The van der Waals surface area contributed by atoms with E-state index in [0.717, 1.165) is 43.9 Å². The van der Waals surface area contributed by atoms with E-state index < -0.39 is 0 Å². The summed E-state index contributed by atoms with van der Waals surface area (Å²) in [4.78, 5) is 22.1. The summed E-state index contributed by atoms with van der Waals surface area (Å²) in [6, 6.07) is 1.90. The molecule has 2 heterocycles. The second-order valence-corrected chi connectivity index (χ2v) is 6.00. The second kappa shape index (κ2) is 6.05. The minimum Gasteiger partial charge on any atom is -0.453 e. The number of carbonyl (C=O) groups is 1. The molecule has 3 rings (SSSR count). The summed E-state index contributed by atoms with van der Waals surface area (Å²) in [6.45, 7) is 1.36. The van der Waals surface area contributed by atoms with Crippen molar-refractivity contribution in [2.24, 2.45) is 0 Å². The van der Waals surface area contributed by atoms with Crippen LogP contribution in [0.5, 0.6) is 0 Å². The van der Waals surface area contributed by atoms with E-state index in [9.17, 15) is 4.79 Å². The summed E-state index contributed by atoms with van der Waals surface area (Å²) in [6.07, 6.45) is 3.94. The fraction of sp³-hybridized carbons (Fsp3) is 0.643. The lowest BCUT2D eigenvalue weighted by atomic mass is 10.1. The number of amides is 1. The number of hydrogen-bond acceptors (Lipinski definition) is 5. The Labute approximate surface area is 128 Å². The normalized spacial score (nSPS) is 22.0. The van der Waals surface area contributed by atoms with Crippen molar-refractivity contribution in [2.75, 3.05) is 25.5 Å². The van der Waals surface area contributed by atoms with Crippen molar-refractivity contribution in [3.05, 3.63) is 17.0 Å². The molecule has 0 radical (unpaired) electrons. The molecule has 1 saturated heterocycles. The number of methoxy groups -OCH3 is 1. The third-order valence-corrected chi connectivity index (χ3v) is 4.05. The molecule has 1 N–H and O–H groups in total. The molecular weight excluding hydrogens is 292 g/mol. The molecular formula is C14H19ClN4O2.